The van der Waals surface area contributed by atoms with E-state index in [2.05, 4.69) is 0 Å². The molecule has 100 valence electrons. The lowest BCUT2D eigenvalue weighted by Gasteiger charge is -2.26. The summed E-state index contributed by atoms with van der Waals surface area (Å²) < 4.78 is 13.3. The molecule has 0 fully saturated rings. The Morgan fingerprint density at radius 2 is 1.89 bits per heavy atom. The first-order chi connectivity index (χ1) is 8.88. The summed E-state index contributed by atoms with van der Waals surface area (Å²) >= 11 is 12.0. The van der Waals surface area contributed by atoms with Gasteiger partial charge in [0.15, 0.2) is 0 Å². The van der Waals surface area contributed by atoms with Gasteiger partial charge < -0.3 is 5.73 Å². The summed E-state index contributed by atoms with van der Waals surface area (Å²) in [6.07, 6.45) is 0.434. The van der Waals surface area contributed by atoms with Gasteiger partial charge in [-0.05, 0) is 54.8 Å². The molecule has 4 heteroatoms. The molecule has 0 heterocycles. The Hall–Kier alpha value is -1.09. The van der Waals surface area contributed by atoms with Crippen molar-refractivity contribution in [3.05, 3.63) is 69.5 Å². The molecular weight excluding hydrogens is 284 g/mol. The van der Waals surface area contributed by atoms with Crippen LogP contribution >= 0.6 is 23.2 Å². The zero-order valence-electron chi connectivity index (χ0n) is 10.5. The van der Waals surface area contributed by atoms with Crippen LogP contribution in [0.25, 0.3) is 0 Å². The number of hydrogen-bond acceptors (Lipinski definition) is 1. The Bertz CT molecular complexity index is 596. The molecule has 0 aliphatic rings. The highest BCUT2D eigenvalue weighted by molar-refractivity contribution is 6.31. The average molecular weight is 298 g/mol. The molecule has 0 aliphatic carbocycles. The molecule has 2 aromatic rings. The zero-order valence-corrected chi connectivity index (χ0v) is 12.0. The van der Waals surface area contributed by atoms with E-state index in [0.717, 1.165) is 5.56 Å². The maximum atomic E-state index is 13.3. The molecule has 19 heavy (non-hydrogen) atoms. The highest BCUT2D eigenvalue weighted by Crippen LogP contribution is 2.28. The summed E-state index contributed by atoms with van der Waals surface area (Å²) in [5.74, 6) is -0.318. The molecular formula is C15H14Cl2FN. The monoisotopic (exact) mass is 297 g/mol. The van der Waals surface area contributed by atoms with Crippen molar-refractivity contribution in [3.63, 3.8) is 0 Å². The third-order valence-corrected chi connectivity index (χ3v) is 3.65. The van der Waals surface area contributed by atoms with Crippen LogP contribution in [-0.2, 0) is 12.0 Å². The van der Waals surface area contributed by atoms with Crippen LogP contribution in [-0.4, -0.2) is 0 Å². The van der Waals surface area contributed by atoms with Crippen molar-refractivity contribution in [1.29, 1.82) is 0 Å². The van der Waals surface area contributed by atoms with E-state index in [1.165, 1.54) is 12.1 Å². The molecule has 2 aromatic carbocycles. The van der Waals surface area contributed by atoms with Gasteiger partial charge in [0, 0.05) is 15.6 Å². The lowest BCUT2D eigenvalue weighted by molar-refractivity contribution is 0.489. The van der Waals surface area contributed by atoms with E-state index >= 15 is 0 Å². The first-order valence-corrected chi connectivity index (χ1v) is 6.63. The summed E-state index contributed by atoms with van der Waals surface area (Å²) in [5, 5.41) is 1.14. The second-order valence-electron chi connectivity index (χ2n) is 4.84. The van der Waals surface area contributed by atoms with Gasteiger partial charge in [-0.3, -0.25) is 0 Å². The molecule has 0 bridgehead atoms. The fourth-order valence-corrected chi connectivity index (χ4v) is 2.39. The molecule has 0 amide bonds. The maximum Gasteiger partial charge on any atom is 0.123 e. The Morgan fingerprint density at radius 3 is 2.58 bits per heavy atom. The van der Waals surface area contributed by atoms with Gasteiger partial charge >= 0.3 is 0 Å². The van der Waals surface area contributed by atoms with E-state index < -0.39 is 5.54 Å². The minimum Gasteiger partial charge on any atom is -0.321 e. The first kappa shape index (κ1) is 14.3. The van der Waals surface area contributed by atoms with Gasteiger partial charge in [-0.1, -0.05) is 35.3 Å². The second kappa shape index (κ2) is 5.49. The maximum absolute atomic E-state index is 13.3. The molecule has 1 unspecified atom stereocenters. The third-order valence-electron chi connectivity index (χ3n) is 3.05. The fourth-order valence-electron chi connectivity index (χ4n) is 2.02. The highest BCUT2D eigenvalue weighted by Gasteiger charge is 2.23. The molecule has 2 rings (SSSR count). The summed E-state index contributed by atoms with van der Waals surface area (Å²) in [7, 11) is 0. The molecule has 0 aromatic heterocycles. The van der Waals surface area contributed by atoms with Crippen molar-refractivity contribution in [2.45, 2.75) is 18.9 Å². The minimum atomic E-state index is -0.664. The van der Waals surface area contributed by atoms with Gasteiger partial charge in [0.1, 0.15) is 5.82 Å². The number of hydrogen-bond donors (Lipinski definition) is 1. The molecule has 0 spiro atoms. The van der Waals surface area contributed by atoms with Gasteiger partial charge in [-0.25, -0.2) is 4.39 Å². The van der Waals surface area contributed by atoms with Crippen LogP contribution < -0.4 is 5.73 Å². The van der Waals surface area contributed by atoms with Crippen molar-refractivity contribution < 1.29 is 4.39 Å². The van der Waals surface area contributed by atoms with Gasteiger partial charge in [0.2, 0.25) is 0 Å². The quantitative estimate of drug-likeness (QED) is 0.884. The van der Waals surface area contributed by atoms with Gasteiger partial charge in [0.25, 0.3) is 0 Å². The van der Waals surface area contributed by atoms with Crippen molar-refractivity contribution >= 4 is 23.2 Å². The van der Waals surface area contributed by atoms with Crippen LogP contribution in [0.1, 0.15) is 18.1 Å². The Labute approximate surface area is 122 Å². The summed E-state index contributed by atoms with van der Waals surface area (Å²) in [6.45, 7) is 1.87. The second-order valence-corrected chi connectivity index (χ2v) is 5.68. The van der Waals surface area contributed by atoms with Crippen molar-refractivity contribution in [3.8, 4) is 0 Å². The Morgan fingerprint density at radius 1 is 1.16 bits per heavy atom. The van der Waals surface area contributed by atoms with Crippen LogP contribution in [0.5, 0.6) is 0 Å². The van der Waals surface area contributed by atoms with Gasteiger partial charge in [0.05, 0.1) is 0 Å². The van der Waals surface area contributed by atoms with Crippen LogP contribution in [0.3, 0.4) is 0 Å². The SMILES string of the molecule is CC(N)(Cc1cc(F)ccc1Cl)c1cccc(Cl)c1. The first-order valence-electron chi connectivity index (χ1n) is 5.87. The Balaban J connectivity index is 2.33. The van der Waals surface area contributed by atoms with E-state index in [9.17, 15) is 4.39 Å². The van der Waals surface area contributed by atoms with Crippen molar-refractivity contribution in [1.82, 2.24) is 0 Å². The molecule has 0 saturated carbocycles. The van der Waals surface area contributed by atoms with Crippen LogP contribution in [0.2, 0.25) is 10.0 Å². The van der Waals surface area contributed by atoms with E-state index in [1.807, 2.05) is 25.1 Å². The van der Waals surface area contributed by atoms with E-state index in [-0.39, 0.29) is 5.82 Å². The van der Waals surface area contributed by atoms with Crippen molar-refractivity contribution in [2.24, 2.45) is 5.73 Å². The summed E-state index contributed by atoms with van der Waals surface area (Å²) in [5.41, 5.74) is 7.23. The molecule has 0 aliphatic heterocycles. The Kier molecular flexibility index (Phi) is 4.14. The zero-order chi connectivity index (χ0) is 14.0. The predicted octanol–water partition coefficient (Wildman–Crippen LogP) is 4.55. The molecule has 1 nitrogen and oxygen atoms in total. The van der Waals surface area contributed by atoms with Crippen LogP contribution in [0.4, 0.5) is 4.39 Å². The third kappa shape index (κ3) is 3.47. The number of benzene rings is 2. The largest absolute Gasteiger partial charge is 0.321 e. The molecule has 1 atom stereocenters. The standard InChI is InChI=1S/C15H14Cl2FN/c1-15(19,11-3-2-4-12(16)8-11)9-10-7-13(18)5-6-14(10)17/h2-8H,9,19H2,1H3. The average Bonchev–Trinajstić information content (AvgIpc) is 2.33. The smallest absolute Gasteiger partial charge is 0.123 e. The van der Waals surface area contributed by atoms with Crippen molar-refractivity contribution in [2.75, 3.05) is 0 Å². The van der Waals surface area contributed by atoms with E-state index in [0.29, 0.717) is 22.0 Å². The normalized spacial score (nSPS) is 14.2. The lowest BCUT2D eigenvalue weighted by Crippen LogP contribution is -2.35. The molecule has 0 saturated heterocycles. The van der Waals surface area contributed by atoms with Gasteiger partial charge in [-0.2, -0.15) is 0 Å². The topological polar surface area (TPSA) is 26.0 Å². The van der Waals surface area contributed by atoms with E-state index in [1.54, 1.807) is 12.1 Å². The highest BCUT2D eigenvalue weighted by atomic mass is 35.5. The van der Waals surface area contributed by atoms with Crippen LogP contribution in [0, 0.1) is 5.82 Å². The summed E-state index contributed by atoms with van der Waals surface area (Å²) in [6, 6.07) is 11.6. The predicted molar refractivity (Wildman–Crippen MR) is 78.1 cm³/mol. The molecule has 2 N–H and O–H groups in total. The fraction of sp³-hybridized carbons (Fsp3) is 0.200. The van der Waals surface area contributed by atoms with Gasteiger partial charge in [-0.15, -0.1) is 0 Å². The molecule has 0 radical (unpaired) electrons. The minimum absolute atomic E-state index is 0.318. The lowest BCUT2D eigenvalue weighted by atomic mass is 9.86. The summed E-state index contributed by atoms with van der Waals surface area (Å²) in [4.78, 5) is 0. The van der Waals surface area contributed by atoms with E-state index in [4.69, 9.17) is 28.9 Å². The van der Waals surface area contributed by atoms with Crippen LogP contribution in [0.15, 0.2) is 42.5 Å². The number of rotatable bonds is 3. The number of halogens is 3. The number of nitrogens with two attached hydrogens (primary N) is 1.